The van der Waals surface area contributed by atoms with Gasteiger partial charge in [0, 0.05) is 16.2 Å². The van der Waals surface area contributed by atoms with Crippen LogP contribution in [0.5, 0.6) is 5.75 Å². The average molecular weight is 564 g/mol. The van der Waals surface area contributed by atoms with Gasteiger partial charge in [0.05, 0.1) is 22.9 Å². The van der Waals surface area contributed by atoms with Gasteiger partial charge in [0.25, 0.3) is 0 Å². The number of hydrogen-bond acceptors (Lipinski definition) is 6. The number of aromatic nitrogens is 1. The van der Waals surface area contributed by atoms with Crippen LogP contribution in [0, 0.1) is 0 Å². The molecule has 0 bridgehead atoms. The molecule has 2 unspecified atom stereocenters. The van der Waals surface area contributed by atoms with Gasteiger partial charge in [-0.15, -0.1) is 11.8 Å². The lowest BCUT2D eigenvalue weighted by Gasteiger charge is -2.22. The second kappa shape index (κ2) is 13.3. The van der Waals surface area contributed by atoms with Gasteiger partial charge in [-0.25, -0.2) is 9.78 Å². The normalized spacial score (nSPS) is 12.9. The Kier molecular flexibility index (Phi) is 9.59. The minimum atomic E-state index is -1.69. The Balaban J connectivity index is 1.43. The minimum Gasteiger partial charge on any atom is -0.489 e. The van der Waals surface area contributed by atoms with Crippen molar-refractivity contribution >= 4 is 58.4 Å². The Morgan fingerprint density at radius 2 is 1.72 bits per heavy atom. The van der Waals surface area contributed by atoms with Crippen molar-refractivity contribution in [1.29, 1.82) is 0 Å². The van der Waals surface area contributed by atoms with Crippen LogP contribution >= 0.6 is 23.4 Å². The van der Waals surface area contributed by atoms with E-state index in [1.54, 1.807) is 24.3 Å². The smallest absolute Gasteiger partial charge is 0.334 e. The van der Waals surface area contributed by atoms with Crippen molar-refractivity contribution in [3.05, 3.63) is 106 Å². The van der Waals surface area contributed by atoms with Gasteiger partial charge < -0.3 is 20.1 Å². The predicted octanol–water partition coefficient (Wildman–Crippen LogP) is 6.33. The highest BCUT2D eigenvalue weighted by molar-refractivity contribution is 7.99. The molecule has 3 aromatic carbocycles. The number of benzene rings is 3. The number of carboxylic acids is 2. The third-order valence-corrected chi connectivity index (χ3v) is 7.46. The number of aliphatic hydroxyl groups excluding tert-OH is 1. The molecule has 0 aliphatic heterocycles. The van der Waals surface area contributed by atoms with E-state index in [1.165, 1.54) is 0 Å². The summed E-state index contributed by atoms with van der Waals surface area (Å²) in [5, 5.41) is 29.5. The summed E-state index contributed by atoms with van der Waals surface area (Å²) >= 11 is 7.17. The molecule has 0 spiro atoms. The third kappa shape index (κ3) is 7.83. The SMILES string of the molecule is O=C(O)CCSC(c1ccccc1COc1ccc(/C=C/c2ccc3ccc(Cl)cc3n2)cc1)C(O)C(=O)O. The summed E-state index contributed by atoms with van der Waals surface area (Å²) in [5.74, 6) is -1.57. The molecular formula is C30H26ClNO6S. The van der Waals surface area contributed by atoms with Crippen LogP contribution in [0.1, 0.15) is 34.1 Å². The number of nitrogens with zero attached hydrogens (tertiary/aromatic N) is 1. The summed E-state index contributed by atoms with van der Waals surface area (Å²) < 4.78 is 5.96. The van der Waals surface area contributed by atoms with Gasteiger partial charge in [0.1, 0.15) is 12.4 Å². The predicted molar refractivity (Wildman–Crippen MR) is 154 cm³/mol. The molecule has 1 heterocycles. The number of carbonyl (C=O) groups is 2. The van der Waals surface area contributed by atoms with Crippen molar-refractivity contribution in [2.75, 3.05) is 5.75 Å². The molecule has 1 aromatic heterocycles. The zero-order chi connectivity index (χ0) is 27.8. The maximum atomic E-state index is 11.5. The van der Waals surface area contributed by atoms with Gasteiger partial charge in [0.15, 0.2) is 6.10 Å². The Bertz CT molecular complexity index is 1490. The first kappa shape index (κ1) is 28.2. The number of hydrogen-bond donors (Lipinski definition) is 3. The number of halogens is 1. The number of ether oxygens (including phenoxy) is 1. The molecule has 0 aliphatic rings. The Labute approximate surface area is 234 Å². The number of aliphatic hydroxyl groups is 1. The lowest BCUT2D eigenvalue weighted by atomic mass is 10.0. The van der Waals surface area contributed by atoms with Crippen molar-refractivity contribution in [1.82, 2.24) is 4.98 Å². The maximum Gasteiger partial charge on any atom is 0.334 e. The second-order valence-electron chi connectivity index (χ2n) is 8.68. The van der Waals surface area contributed by atoms with Gasteiger partial charge in [-0.2, -0.15) is 0 Å². The lowest BCUT2D eigenvalue weighted by molar-refractivity contribution is -0.146. The largest absolute Gasteiger partial charge is 0.489 e. The molecule has 0 amide bonds. The van der Waals surface area contributed by atoms with Gasteiger partial charge in [-0.3, -0.25) is 4.79 Å². The highest BCUT2D eigenvalue weighted by Crippen LogP contribution is 2.35. The summed E-state index contributed by atoms with van der Waals surface area (Å²) in [6.07, 6.45) is 2.04. The van der Waals surface area contributed by atoms with Gasteiger partial charge in [-0.05, 0) is 53.1 Å². The maximum absolute atomic E-state index is 11.5. The molecule has 0 fully saturated rings. The second-order valence-corrected chi connectivity index (χ2v) is 10.4. The van der Waals surface area contributed by atoms with Crippen molar-refractivity contribution in [3.8, 4) is 5.75 Å². The molecule has 4 rings (SSSR count). The highest BCUT2D eigenvalue weighted by Gasteiger charge is 2.29. The van der Waals surface area contributed by atoms with E-state index in [-0.39, 0.29) is 18.8 Å². The van der Waals surface area contributed by atoms with Crippen molar-refractivity contribution in [2.24, 2.45) is 0 Å². The first-order valence-corrected chi connectivity index (χ1v) is 13.5. The van der Waals surface area contributed by atoms with Crippen LogP contribution in [0.25, 0.3) is 23.1 Å². The van der Waals surface area contributed by atoms with E-state index in [2.05, 4.69) is 4.98 Å². The summed E-state index contributed by atoms with van der Waals surface area (Å²) in [5.41, 5.74) is 3.88. The zero-order valence-electron chi connectivity index (χ0n) is 20.7. The fourth-order valence-corrected chi connectivity index (χ4v) is 5.33. The van der Waals surface area contributed by atoms with E-state index < -0.39 is 23.3 Å². The molecule has 200 valence electrons. The van der Waals surface area contributed by atoms with Crippen LogP contribution < -0.4 is 4.74 Å². The Morgan fingerprint density at radius 1 is 0.974 bits per heavy atom. The fraction of sp³-hybridized carbons (Fsp3) is 0.167. The summed E-state index contributed by atoms with van der Waals surface area (Å²) in [6.45, 7) is 0.150. The summed E-state index contributed by atoms with van der Waals surface area (Å²) in [7, 11) is 0. The number of fused-ring (bicyclic) bond motifs is 1. The Morgan fingerprint density at radius 3 is 2.46 bits per heavy atom. The fourth-order valence-electron chi connectivity index (χ4n) is 3.91. The lowest BCUT2D eigenvalue weighted by Crippen LogP contribution is -2.27. The van der Waals surface area contributed by atoms with Crippen LogP contribution in [0.4, 0.5) is 0 Å². The molecule has 0 aliphatic carbocycles. The van der Waals surface area contributed by atoms with E-state index in [0.717, 1.165) is 33.9 Å². The van der Waals surface area contributed by atoms with Gasteiger partial charge in [-0.1, -0.05) is 66.2 Å². The first-order valence-electron chi connectivity index (χ1n) is 12.1. The van der Waals surface area contributed by atoms with E-state index >= 15 is 0 Å². The number of carboxylic acid groups (broad SMARTS) is 2. The molecule has 9 heteroatoms. The van der Waals surface area contributed by atoms with Crippen LogP contribution in [0.15, 0.2) is 78.9 Å². The van der Waals surface area contributed by atoms with Crippen molar-refractivity contribution in [3.63, 3.8) is 0 Å². The van der Waals surface area contributed by atoms with E-state index in [1.807, 2.05) is 66.7 Å². The van der Waals surface area contributed by atoms with Crippen molar-refractivity contribution in [2.45, 2.75) is 24.4 Å². The molecule has 4 aromatic rings. The van der Waals surface area contributed by atoms with Crippen molar-refractivity contribution < 1.29 is 29.6 Å². The van der Waals surface area contributed by atoms with Crippen LogP contribution in [0.3, 0.4) is 0 Å². The van der Waals surface area contributed by atoms with E-state index in [4.69, 9.17) is 21.4 Å². The van der Waals surface area contributed by atoms with E-state index in [0.29, 0.717) is 21.9 Å². The quantitative estimate of drug-likeness (QED) is 0.183. The number of thioether (sulfide) groups is 1. The topological polar surface area (TPSA) is 117 Å². The molecule has 0 radical (unpaired) electrons. The van der Waals surface area contributed by atoms with Gasteiger partial charge in [0.2, 0.25) is 0 Å². The molecule has 7 nitrogen and oxygen atoms in total. The molecule has 0 saturated heterocycles. The molecule has 3 N–H and O–H groups in total. The van der Waals surface area contributed by atoms with Gasteiger partial charge >= 0.3 is 11.9 Å². The monoisotopic (exact) mass is 563 g/mol. The average Bonchev–Trinajstić information content (AvgIpc) is 2.93. The van der Waals surface area contributed by atoms with E-state index in [9.17, 15) is 19.8 Å². The number of pyridine rings is 1. The van der Waals surface area contributed by atoms with Crippen LogP contribution in [-0.4, -0.2) is 44.1 Å². The molecule has 2 atom stereocenters. The summed E-state index contributed by atoms with van der Waals surface area (Å²) in [6, 6.07) is 24.1. The number of aliphatic carboxylic acids is 2. The zero-order valence-corrected chi connectivity index (χ0v) is 22.3. The molecular weight excluding hydrogens is 538 g/mol. The van der Waals surface area contributed by atoms with Crippen LogP contribution in [0.2, 0.25) is 5.02 Å². The highest BCUT2D eigenvalue weighted by atomic mass is 35.5. The molecule has 0 saturated carbocycles. The first-order chi connectivity index (χ1) is 18.8. The van der Waals surface area contributed by atoms with Crippen LogP contribution in [-0.2, 0) is 16.2 Å². The minimum absolute atomic E-state index is 0.141. The summed E-state index contributed by atoms with van der Waals surface area (Å²) in [4.78, 5) is 27.1. The molecule has 39 heavy (non-hydrogen) atoms. The standard InChI is InChI=1S/C30H26ClNO6S/c31-22-10-8-20-9-12-23(32-26(20)17-22)11-5-19-6-13-24(14-7-19)38-18-21-3-1-2-4-25(21)29(28(35)30(36)37)39-16-15-27(33)34/h1-14,17,28-29,35H,15-16,18H2,(H,33,34)(H,36,37)/b11-5+. The Hall–Kier alpha value is -3.85. The third-order valence-electron chi connectivity index (χ3n) is 5.91. The number of rotatable bonds is 12.